The summed E-state index contributed by atoms with van der Waals surface area (Å²) < 4.78 is 18.9. The second-order valence-electron chi connectivity index (χ2n) is 4.45. The lowest BCUT2D eigenvalue weighted by Gasteiger charge is -2.18. The van der Waals surface area contributed by atoms with Crippen molar-refractivity contribution in [2.24, 2.45) is 0 Å². The van der Waals surface area contributed by atoms with Crippen LogP contribution in [0.4, 0.5) is 4.39 Å². The largest absolute Gasteiger partial charge is 0.504 e. The third kappa shape index (κ3) is 1.99. The van der Waals surface area contributed by atoms with Crippen molar-refractivity contribution in [2.45, 2.75) is 24.7 Å². The quantitative estimate of drug-likeness (QED) is 0.886. The van der Waals surface area contributed by atoms with Gasteiger partial charge in [-0.25, -0.2) is 4.39 Å². The molecule has 0 amide bonds. The summed E-state index contributed by atoms with van der Waals surface area (Å²) in [5.74, 6) is -2.12. The molecule has 0 bridgehead atoms. The Balaban J connectivity index is 2.56. The summed E-state index contributed by atoms with van der Waals surface area (Å²) >= 11 is 5.73. The lowest BCUT2D eigenvalue weighted by atomic mass is 9.90. The Bertz CT molecular complexity index is 511. The Kier molecular flexibility index (Phi) is 3.11. The number of ether oxygens (including phenoxy) is 1. The summed E-state index contributed by atoms with van der Waals surface area (Å²) in [5.41, 5.74) is -0.910. The molecule has 2 N–H and O–H groups in total. The summed E-state index contributed by atoms with van der Waals surface area (Å²) in [6.45, 7) is 0. The molecule has 1 saturated carbocycles. The molecule has 1 aromatic carbocycles. The van der Waals surface area contributed by atoms with E-state index in [0.29, 0.717) is 12.8 Å². The number of rotatable bonds is 4. The van der Waals surface area contributed by atoms with E-state index in [-0.39, 0.29) is 28.5 Å². The molecular formula is C12H12ClFO4. The van der Waals surface area contributed by atoms with Gasteiger partial charge in [-0.1, -0.05) is 11.6 Å². The van der Waals surface area contributed by atoms with Crippen molar-refractivity contribution in [3.8, 4) is 11.5 Å². The molecule has 1 aliphatic rings. The number of hydrogen-bond acceptors (Lipinski definition) is 3. The van der Waals surface area contributed by atoms with Gasteiger partial charge >= 0.3 is 5.97 Å². The lowest BCUT2D eigenvalue weighted by Crippen LogP contribution is -2.15. The SMILES string of the molecule is COc1cc(Cl)c(F)c(C2(CC(=O)O)CC2)c1O. The van der Waals surface area contributed by atoms with Crippen molar-refractivity contribution in [2.75, 3.05) is 7.11 Å². The fourth-order valence-electron chi connectivity index (χ4n) is 2.19. The molecular weight excluding hydrogens is 263 g/mol. The first kappa shape index (κ1) is 13.0. The lowest BCUT2D eigenvalue weighted by molar-refractivity contribution is -0.137. The van der Waals surface area contributed by atoms with Crippen LogP contribution in [0.1, 0.15) is 24.8 Å². The minimum Gasteiger partial charge on any atom is -0.504 e. The highest BCUT2D eigenvalue weighted by Crippen LogP contribution is 2.57. The fourth-order valence-corrected chi connectivity index (χ4v) is 2.38. The van der Waals surface area contributed by atoms with Crippen LogP contribution in [0.25, 0.3) is 0 Å². The summed E-state index contributed by atoms with van der Waals surface area (Å²) in [7, 11) is 1.32. The van der Waals surface area contributed by atoms with Crippen LogP contribution in [0.15, 0.2) is 6.07 Å². The number of phenols is 1. The number of hydrogen-bond donors (Lipinski definition) is 2. The highest BCUT2D eigenvalue weighted by Gasteiger charge is 2.50. The first-order chi connectivity index (χ1) is 8.41. The minimum atomic E-state index is -1.04. The number of carboxylic acid groups (broad SMARTS) is 1. The molecule has 1 aliphatic carbocycles. The second kappa shape index (κ2) is 4.31. The highest BCUT2D eigenvalue weighted by molar-refractivity contribution is 6.31. The van der Waals surface area contributed by atoms with Gasteiger partial charge in [0.25, 0.3) is 0 Å². The number of carbonyl (C=O) groups is 1. The van der Waals surface area contributed by atoms with Gasteiger partial charge in [-0.2, -0.15) is 0 Å². The Morgan fingerprint density at radius 2 is 2.22 bits per heavy atom. The zero-order valence-electron chi connectivity index (χ0n) is 9.67. The van der Waals surface area contributed by atoms with E-state index in [1.807, 2.05) is 0 Å². The maximum Gasteiger partial charge on any atom is 0.304 e. The maximum absolute atomic E-state index is 14.0. The second-order valence-corrected chi connectivity index (χ2v) is 4.86. The van der Waals surface area contributed by atoms with Gasteiger partial charge in [0.05, 0.1) is 18.6 Å². The molecule has 2 rings (SSSR count). The zero-order chi connectivity index (χ0) is 13.5. The monoisotopic (exact) mass is 274 g/mol. The van der Waals surface area contributed by atoms with Crippen molar-refractivity contribution in [3.63, 3.8) is 0 Å². The normalized spacial score (nSPS) is 16.4. The van der Waals surface area contributed by atoms with Crippen molar-refractivity contribution >= 4 is 17.6 Å². The van der Waals surface area contributed by atoms with E-state index in [4.69, 9.17) is 21.4 Å². The molecule has 0 radical (unpaired) electrons. The minimum absolute atomic E-state index is 0.0470. The number of aliphatic carboxylic acids is 1. The van der Waals surface area contributed by atoms with Crippen molar-refractivity contribution < 1.29 is 24.1 Å². The molecule has 0 aliphatic heterocycles. The summed E-state index contributed by atoms with van der Waals surface area (Å²) in [6.07, 6.45) is 0.779. The molecule has 0 atom stereocenters. The molecule has 0 unspecified atom stereocenters. The molecule has 0 aromatic heterocycles. The van der Waals surface area contributed by atoms with E-state index in [1.54, 1.807) is 0 Å². The van der Waals surface area contributed by atoms with E-state index in [2.05, 4.69) is 0 Å². The van der Waals surface area contributed by atoms with E-state index >= 15 is 0 Å². The number of methoxy groups -OCH3 is 1. The van der Waals surface area contributed by atoms with E-state index in [1.165, 1.54) is 13.2 Å². The fraction of sp³-hybridized carbons (Fsp3) is 0.417. The standard InChI is InChI=1S/C12H12ClFO4/c1-18-7-4-6(13)10(14)9(11(7)17)12(2-3-12)5-8(15)16/h4,17H,2-3,5H2,1H3,(H,15,16). The molecule has 6 heteroatoms. The third-order valence-corrected chi connectivity index (χ3v) is 3.53. The van der Waals surface area contributed by atoms with Crippen LogP contribution in [0.5, 0.6) is 11.5 Å². The smallest absolute Gasteiger partial charge is 0.304 e. The molecule has 4 nitrogen and oxygen atoms in total. The average molecular weight is 275 g/mol. The van der Waals surface area contributed by atoms with Gasteiger partial charge in [0, 0.05) is 17.0 Å². The van der Waals surface area contributed by atoms with Crippen LogP contribution in [-0.2, 0) is 10.2 Å². The molecule has 98 valence electrons. The number of phenolic OH excluding ortho intramolecular Hbond substituents is 1. The Hall–Kier alpha value is -1.49. The molecule has 0 spiro atoms. The molecule has 0 saturated heterocycles. The molecule has 18 heavy (non-hydrogen) atoms. The third-order valence-electron chi connectivity index (χ3n) is 3.25. The number of carboxylic acids is 1. The van der Waals surface area contributed by atoms with Gasteiger partial charge in [-0.15, -0.1) is 0 Å². The van der Waals surface area contributed by atoms with Gasteiger partial charge < -0.3 is 14.9 Å². The van der Waals surface area contributed by atoms with Crippen molar-refractivity contribution in [1.29, 1.82) is 0 Å². The van der Waals surface area contributed by atoms with Crippen LogP contribution in [-0.4, -0.2) is 23.3 Å². The highest BCUT2D eigenvalue weighted by atomic mass is 35.5. The van der Waals surface area contributed by atoms with Crippen molar-refractivity contribution in [3.05, 3.63) is 22.5 Å². The summed E-state index contributed by atoms with van der Waals surface area (Å²) in [6, 6.07) is 1.17. The molecule has 0 heterocycles. The van der Waals surface area contributed by atoms with Crippen LogP contribution < -0.4 is 4.74 Å². The van der Waals surface area contributed by atoms with Crippen LogP contribution in [0.2, 0.25) is 5.02 Å². The number of aromatic hydroxyl groups is 1. The first-order valence-corrected chi connectivity index (χ1v) is 5.76. The van der Waals surface area contributed by atoms with Crippen LogP contribution >= 0.6 is 11.6 Å². The summed E-state index contributed by atoms with van der Waals surface area (Å²) in [5, 5.41) is 18.6. The molecule has 1 aromatic rings. The Morgan fingerprint density at radius 3 is 2.67 bits per heavy atom. The maximum atomic E-state index is 14.0. The number of benzene rings is 1. The van der Waals surface area contributed by atoms with E-state index < -0.39 is 17.2 Å². The van der Waals surface area contributed by atoms with Gasteiger partial charge in [-0.05, 0) is 12.8 Å². The van der Waals surface area contributed by atoms with Gasteiger partial charge in [0.2, 0.25) is 0 Å². The van der Waals surface area contributed by atoms with Crippen LogP contribution in [0.3, 0.4) is 0 Å². The van der Waals surface area contributed by atoms with Gasteiger partial charge in [-0.3, -0.25) is 4.79 Å². The van der Waals surface area contributed by atoms with Crippen LogP contribution in [0, 0.1) is 5.82 Å². The average Bonchev–Trinajstić information content (AvgIpc) is 3.03. The molecule has 1 fully saturated rings. The van der Waals surface area contributed by atoms with Gasteiger partial charge in [0.1, 0.15) is 5.82 Å². The number of halogens is 2. The van der Waals surface area contributed by atoms with Gasteiger partial charge in [0.15, 0.2) is 11.5 Å². The predicted octanol–water partition coefficient (Wildman–Crippen LogP) is 2.70. The summed E-state index contributed by atoms with van der Waals surface area (Å²) in [4.78, 5) is 10.8. The Morgan fingerprint density at radius 1 is 1.61 bits per heavy atom. The van der Waals surface area contributed by atoms with E-state index in [9.17, 15) is 14.3 Å². The first-order valence-electron chi connectivity index (χ1n) is 5.38. The topological polar surface area (TPSA) is 66.8 Å². The Labute approximate surface area is 108 Å². The predicted molar refractivity (Wildman–Crippen MR) is 62.8 cm³/mol. The van der Waals surface area contributed by atoms with Crippen molar-refractivity contribution in [1.82, 2.24) is 0 Å². The van der Waals surface area contributed by atoms with E-state index in [0.717, 1.165) is 0 Å². The zero-order valence-corrected chi connectivity index (χ0v) is 10.4.